The van der Waals surface area contributed by atoms with E-state index in [2.05, 4.69) is 6.58 Å². The Morgan fingerprint density at radius 2 is 2.12 bits per heavy atom. The highest BCUT2D eigenvalue weighted by molar-refractivity contribution is 5.17. The molecule has 4 N–H and O–H groups in total. The molecular weight excluding hydrogens is 100 g/mol. The maximum atomic E-state index is 5.30. The SMILES string of the molecule is C=C/C(N)=C\C=C\N. The molecule has 0 amide bonds. The van der Waals surface area contributed by atoms with Gasteiger partial charge in [0.15, 0.2) is 0 Å². The van der Waals surface area contributed by atoms with Gasteiger partial charge in [-0.05, 0) is 24.4 Å². The van der Waals surface area contributed by atoms with Crippen molar-refractivity contribution < 1.29 is 0 Å². The Morgan fingerprint density at radius 1 is 1.50 bits per heavy atom. The van der Waals surface area contributed by atoms with E-state index in [0.29, 0.717) is 5.70 Å². The summed E-state index contributed by atoms with van der Waals surface area (Å²) in [6.45, 7) is 3.45. The molecule has 0 unspecified atom stereocenters. The average molecular weight is 110 g/mol. The molecular formula is C6H10N2. The van der Waals surface area contributed by atoms with Crippen LogP contribution in [0.1, 0.15) is 0 Å². The van der Waals surface area contributed by atoms with E-state index in [4.69, 9.17) is 11.5 Å². The van der Waals surface area contributed by atoms with Crippen LogP contribution in [0.15, 0.2) is 36.7 Å². The summed E-state index contributed by atoms with van der Waals surface area (Å²) in [7, 11) is 0. The van der Waals surface area contributed by atoms with Gasteiger partial charge in [0.05, 0.1) is 0 Å². The highest BCUT2D eigenvalue weighted by Gasteiger charge is 1.70. The van der Waals surface area contributed by atoms with Crippen molar-refractivity contribution >= 4 is 0 Å². The molecule has 0 atom stereocenters. The van der Waals surface area contributed by atoms with E-state index < -0.39 is 0 Å². The smallest absolute Gasteiger partial charge is 0.0308 e. The third-order valence-electron chi connectivity index (χ3n) is 0.635. The Hall–Kier alpha value is -1.18. The zero-order chi connectivity index (χ0) is 6.41. The summed E-state index contributed by atoms with van der Waals surface area (Å²) in [6.07, 6.45) is 6.29. The van der Waals surface area contributed by atoms with Crippen molar-refractivity contribution in [3.05, 3.63) is 36.7 Å². The second-order valence-corrected chi connectivity index (χ2v) is 1.26. The van der Waals surface area contributed by atoms with Crippen molar-refractivity contribution in [1.29, 1.82) is 0 Å². The van der Waals surface area contributed by atoms with Gasteiger partial charge in [0.25, 0.3) is 0 Å². The van der Waals surface area contributed by atoms with Crippen molar-refractivity contribution in [3.8, 4) is 0 Å². The topological polar surface area (TPSA) is 52.0 Å². The first-order chi connectivity index (χ1) is 3.81. The van der Waals surface area contributed by atoms with E-state index in [-0.39, 0.29) is 0 Å². The lowest BCUT2D eigenvalue weighted by Crippen LogP contribution is -1.90. The molecule has 2 nitrogen and oxygen atoms in total. The van der Waals surface area contributed by atoms with E-state index in [1.54, 1.807) is 18.2 Å². The molecule has 0 aromatic rings. The zero-order valence-electron chi connectivity index (χ0n) is 4.67. The summed E-state index contributed by atoms with van der Waals surface area (Å²) in [6, 6.07) is 0. The molecule has 0 aromatic carbocycles. The van der Waals surface area contributed by atoms with Crippen LogP contribution in [0.5, 0.6) is 0 Å². The van der Waals surface area contributed by atoms with E-state index in [9.17, 15) is 0 Å². The van der Waals surface area contributed by atoms with E-state index in [1.165, 1.54) is 6.20 Å². The minimum Gasteiger partial charge on any atom is -0.405 e. The van der Waals surface area contributed by atoms with Gasteiger partial charge in [0, 0.05) is 5.70 Å². The largest absolute Gasteiger partial charge is 0.405 e. The van der Waals surface area contributed by atoms with Gasteiger partial charge in [-0.25, -0.2) is 0 Å². The predicted molar refractivity (Wildman–Crippen MR) is 35.8 cm³/mol. The second-order valence-electron chi connectivity index (χ2n) is 1.26. The molecule has 0 saturated carbocycles. The van der Waals surface area contributed by atoms with Crippen LogP contribution in [0.4, 0.5) is 0 Å². The van der Waals surface area contributed by atoms with Crippen LogP contribution < -0.4 is 11.5 Å². The fourth-order valence-corrected chi connectivity index (χ4v) is 0.235. The number of hydrogen-bond acceptors (Lipinski definition) is 2. The molecule has 0 bridgehead atoms. The fourth-order valence-electron chi connectivity index (χ4n) is 0.235. The van der Waals surface area contributed by atoms with Gasteiger partial charge < -0.3 is 11.5 Å². The first-order valence-electron chi connectivity index (χ1n) is 2.27. The van der Waals surface area contributed by atoms with Gasteiger partial charge >= 0.3 is 0 Å². The molecule has 2 heteroatoms. The minimum absolute atomic E-state index is 0.617. The lowest BCUT2D eigenvalue weighted by molar-refractivity contribution is 1.43. The number of nitrogens with two attached hydrogens (primary N) is 2. The van der Waals surface area contributed by atoms with E-state index in [1.807, 2.05) is 0 Å². The molecule has 0 saturated heterocycles. The highest BCUT2D eigenvalue weighted by atomic mass is 14.5. The molecule has 0 fully saturated rings. The van der Waals surface area contributed by atoms with Gasteiger partial charge in [0.1, 0.15) is 0 Å². The molecule has 0 radical (unpaired) electrons. The molecule has 0 rings (SSSR count). The fraction of sp³-hybridized carbons (Fsp3) is 0. The Labute approximate surface area is 49.2 Å². The lowest BCUT2D eigenvalue weighted by atomic mass is 10.4. The van der Waals surface area contributed by atoms with Crippen molar-refractivity contribution in [3.63, 3.8) is 0 Å². The molecule has 0 heterocycles. The van der Waals surface area contributed by atoms with Crippen molar-refractivity contribution in [2.45, 2.75) is 0 Å². The standard InChI is InChI=1S/C6H10N2/c1-2-6(8)4-3-5-7/h2-5H,1,7-8H2/b5-3+,6-4+. The third-order valence-corrected chi connectivity index (χ3v) is 0.635. The van der Waals surface area contributed by atoms with Gasteiger partial charge in [0.2, 0.25) is 0 Å². The van der Waals surface area contributed by atoms with Crippen molar-refractivity contribution in [1.82, 2.24) is 0 Å². The van der Waals surface area contributed by atoms with Crippen LogP contribution in [-0.4, -0.2) is 0 Å². The zero-order valence-corrected chi connectivity index (χ0v) is 4.67. The van der Waals surface area contributed by atoms with E-state index >= 15 is 0 Å². The van der Waals surface area contributed by atoms with Gasteiger partial charge in [-0.15, -0.1) is 0 Å². The summed E-state index contributed by atoms with van der Waals surface area (Å²) >= 11 is 0. The van der Waals surface area contributed by atoms with Crippen LogP contribution in [0.3, 0.4) is 0 Å². The Bertz CT molecular complexity index is 122. The quantitative estimate of drug-likeness (QED) is 0.508. The Balaban J connectivity index is 3.74. The second kappa shape index (κ2) is 3.99. The number of hydrogen-bond donors (Lipinski definition) is 2. The van der Waals surface area contributed by atoms with Crippen LogP contribution in [0.2, 0.25) is 0 Å². The number of allylic oxidation sites excluding steroid dienone is 3. The lowest BCUT2D eigenvalue weighted by Gasteiger charge is -1.82. The van der Waals surface area contributed by atoms with Gasteiger partial charge in [-0.1, -0.05) is 6.58 Å². The first kappa shape index (κ1) is 6.82. The van der Waals surface area contributed by atoms with E-state index in [0.717, 1.165) is 0 Å². The van der Waals surface area contributed by atoms with Crippen LogP contribution in [0, 0.1) is 0 Å². The Morgan fingerprint density at radius 3 is 2.50 bits per heavy atom. The molecule has 0 aliphatic heterocycles. The van der Waals surface area contributed by atoms with Gasteiger partial charge in [-0.2, -0.15) is 0 Å². The predicted octanol–water partition coefficient (Wildman–Crippen LogP) is 0.487. The molecule has 0 spiro atoms. The van der Waals surface area contributed by atoms with Crippen molar-refractivity contribution in [2.75, 3.05) is 0 Å². The summed E-state index contributed by atoms with van der Waals surface area (Å²) < 4.78 is 0. The van der Waals surface area contributed by atoms with Crippen molar-refractivity contribution in [2.24, 2.45) is 11.5 Å². The molecule has 8 heavy (non-hydrogen) atoms. The summed E-state index contributed by atoms with van der Waals surface area (Å²) in [5, 5.41) is 0. The molecule has 44 valence electrons. The molecule has 0 aliphatic rings. The van der Waals surface area contributed by atoms with Crippen LogP contribution in [-0.2, 0) is 0 Å². The maximum Gasteiger partial charge on any atom is 0.0308 e. The summed E-state index contributed by atoms with van der Waals surface area (Å²) in [5.41, 5.74) is 10.9. The molecule has 0 aromatic heterocycles. The first-order valence-corrected chi connectivity index (χ1v) is 2.27. The molecule has 0 aliphatic carbocycles. The minimum atomic E-state index is 0.617. The summed E-state index contributed by atoms with van der Waals surface area (Å²) in [4.78, 5) is 0. The van der Waals surface area contributed by atoms with Crippen LogP contribution >= 0.6 is 0 Å². The average Bonchev–Trinajstić information content (AvgIpc) is 1.83. The highest BCUT2D eigenvalue weighted by Crippen LogP contribution is 1.82. The normalized spacial score (nSPS) is 12.2. The van der Waals surface area contributed by atoms with Crippen LogP contribution in [0.25, 0.3) is 0 Å². The monoisotopic (exact) mass is 110 g/mol. The summed E-state index contributed by atoms with van der Waals surface area (Å²) in [5.74, 6) is 0. The Kier molecular flexibility index (Phi) is 3.40. The number of rotatable bonds is 2. The third kappa shape index (κ3) is 3.03. The van der Waals surface area contributed by atoms with Gasteiger partial charge in [-0.3, -0.25) is 0 Å². The maximum absolute atomic E-state index is 5.30.